The Balaban J connectivity index is 1.61. The van der Waals surface area contributed by atoms with Crippen LogP contribution in [-0.4, -0.2) is 29.1 Å². The van der Waals surface area contributed by atoms with Crippen LogP contribution in [0.1, 0.15) is 55.0 Å². The number of hydrogen-bond acceptors (Lipinski definition) is 3. The standard InChI is InChI=1S/C28H32N4O/c1-20(2)32-26-14-8-7-12-24(26)30-27(32)25(13-9-19-29-3)31-28(33)23-17-15-22(16-18-23)21-10-5-4-6-11-21/h4-8,10-12,14-18,20,25,29H,9,13,19H2,1-3H3,(H,31,33). The molecule has 0 bridgehead atoms. The average molecular weight is 441 g/mol. The number of hydrogen-bond donors (Lipinski definition) is 2. The minimum absolute atomic E-state index is 0.0774. The van der Waals surface area contributed by atoms with E-state index in [0.717, 1.165) is 47.4 Å². The first-order chi connectivity index (χ1) is 16.1. The van der Waals surface area contributed by atoms with Crippen LogP contribution >= 0.6 is 0 Å². The quantitative estimate of drug-likeness (QED) is 0.326. The summed E-state index contributed by atoms with van der Waals surface area (Å²) < 4.78 is 2.25. The fraction of sp³-hybridized carbons (Fsp3) is 0.286. The van der Waals surface area contributed by atoms with Gasteiger partial charge in [-0.1, -0.05) is 54.6 Å². The molecule has 0 radical (unpaired) electrons. The third kappa shape index (κ3) is 5.15. The van der Waals surface area contributed by atoms with Crippen LogP contribution in [0.25, 0.3) is 22.2 Å². The van der Waals surface area contributed by atoms with Crippen molar-refractivity contribution >= 4 is 16.9 Å². The van der Waals surface area contributed by atoms with Crippen LogP contribution < -0.4 is 10.6 Å². The monoisotopic (exact) mass is 440 g/mol. The van der Waals surface area contributed by atoms with Gasteiger partial charge in [0.05, 0.1) is 17.1 Å². The molecule has 2 N–H and O–H groups in total. The van der Waals surface area contributed by atoms with Crippen LogP contribution in [0, 0.1) is 0 Å². The van der Waals surface area contributed by atoms with Crippen molar-refractivity contribution in [3.05, 3.63) is 90.3 Å². The van der Waals surface area contributed by atoms with E-state index >= 15 is 0 Å². The van der Waals surface area contributed by atoms with Gasteiger partial charge in [0.2, 0.25) is 0 Å². The van der Waals surface area contributed by atoms with Gasteiger partial charge < -0.3 is 15.2 Å². The zero-order valence-corrected chi connectivity index (χ0v) is 19.6. The van der Waals surface area contributed by atoms with Crippen LogP contribution in [0.15, 0.2) is 78.9 Å². The first-order valence-electron chi connectivity index (χ1n) is 11.7. The molecule has 1 amide bonds. The van der Waals surface area contributed by atoms with Crippen molar-refractivity contribution in [3.8, 4) is 11.1 Å². The molecule has 33 heavy (non-hydrogen) atoms. The van der Waals surface area contributed by atoms with Crippen molar-refractivity contribution in [1.82, 2.24) is 20.2 Å². The number of rotatable bonds is 9. The summed E-state index contributed by atoms with van der Waals surface area (Å²) in [7, 11) is 1.95. The lowest BCUT2D eigenvalue weighted by atomic mass is 10.0. The summed E-state index contributed by atoms with van der Waals surface area (Å²) in [6.45, 7) is 5.21. The fourth-order valence-corrected chi connectivity index (χ4v) is 4.29. The third-order valence-corrected chi connectivity index (χ3v) is 5.93. The second-order valence-corrected chi connectivity index (χ2v) is 8.64. The molecule has 0 saturated heterocycles. The lowest BCUT2D eigenvalue weighted by Crippen LogP contribution is -2.31. The van der Waals surface area contributed by atoms with Crippen molar-refractivity contribution in [1.29, 1.82) is 0 Å². The van der Waals surface area contributed by atoms with E-state index in [1.165, 1.54) is 0 Å². The zero-order chi connectivity index (χ0) is 23.2. The first kappa shape index (κ1) is 22.7. The van der Waals surface area contributed by atoms with E-state index in [0.29, 0.717) is 5.56 Å². The molecule has 0 fully saturated rings. The summed E-state index contributed by atoms with van der Waals surface area (Å²) in [5.74, 6) is 0.836. The van der Waals surface area contributed by atoms with Crippen molar-refractivity contribution in [2.75, 3.05) is 13.6 Å². The molecular weight excluding hydrogens is 408 g/mol. The molecule has 1 heterocycles. The maximum atomic E-state index is 13.2. The Labute approximate surface area is 195 Å². The maximum absolute atomic E-state index is 13.2. The van der Waals surface area contributed by atoms with E-state index in [1.54, 1.807) is 0 Å². The molecule has 4 aromatic rings. The average Bonchev–Trinajstić information content (AvgIpc) is 3.24. The van der Waals surface area contributed by atoms with E-state index in [9.17, 15) is 4.79 Å². The van der Waals surface area contributed by atoms with Gasteiger partial charge in [-0.3, -0.25) is 4.79 Å². The molecule has 4 rings (SSSR count). The van der Waals surface area contributed by atoms with Crippen molar-refractivity contribution in [2.24, 2.45) is 0 Å². The topological polar surface area (TPSA) is 58.9 Å². The molecule has 0 spiro atoms. The van der Waals surface area contributed by atoms with Crippen LogP contribution in [0.2, 0.25) is 0 Å². The van der Waals surface area contributed by atoms with E-state index in [4.69, 9.17) is 4.98 Å². The molecule has 0 saturated carbocycles. The van der Waals surface area contributed by atoms with E-state index < -0.39 is 0 Å². The molecule has 1 atom stereocenters. The molecular formula is C28H32N4O. The Bertz CT molecular complexity index is 1200. The Morgan fingerprint density at radius 2 is 1.58 bits per heavy atom. The van der Waals surface area contributed by atoms with Gasteiger partial charge in [-0.25, -0.2) is 4.98 Å². The van der Waals surface area contributed by atoms with Crippen molar-refractivity contribution in [3.63, 3.8) is 0 Å². The predicted octanol–water partition coefficient (Wildman–Crippen LogP) is 5.75. The van der Waals surface area contributed by atoms with E-state index in [-0.39, 0.29) is 18.0 Å². The third-order valence-electron chi connectivity index (χ3n) is 5.93. The summed E-state index contributed by atoms with van der Waals surface area (Å²) >= 11 is 0. The van der Waals surface area contributed by atoms with Gasteiger partial charge >= 0.3 is 0 Å². The van der Waals surface area contributed by atoms with Gasteiger partial charge in [0.15, 0.2) is 0 Å². The highest BCUT2D eigenvalue weighted by Gasteiger charge is 2.23. The number of fused-ring (bicyclic) bond motifs is 1. The highest BCUT2D eigenvalue weighted by molar-refractivity contribution is 5.95. The fourth-order valence-electron chi connectivity index (χ4n) is 4.29. The summed E-state index contributed by atoms with van der Waals surface area (Å²) in [4.78, 5) is 18.2. The molecule has 0 aliphatic heterocycles. The molecule has 1 unspecified atom stereocenters. The highest BCUT2D eigenvalue weighted by atomic mass is 16.1. The molecule has 5 nitrogen and oxygen atoms in total. The number of carbonyl (C=O) groups is 1. The van der Waals surface area contributed by atoms with Gasteiger partial charge in [0.25, 0.3) is 5.91 Å². The second kappa shape index (κ2) is 10.5. The van der Waals surface area contributed by atoms with Gasteiger partial charge in [0, 0.05) is 11.6 Å². The Morgan fingerprint density at radius 1 is 0.909 bits per heavy atom. The molecule has 3 aromatic carbocycles. The highest BCUT2D eigenvalue weighted by Crippen LogP contribution is 2.28. The Kier molecular flexibility index (Phi) is 7.20. The number of carbonyl (C=O) groups excluding carboxylic acids is 1. The molecule has 1 aromatic heterocycles. The minimum Gasteiger partial charge on any atom is -0.342 e. The first-order valence-corrected chi connectivity index (χ1v) is 11.7. The summed E-state index contributed by atoms with van der Waals surface area (Å²) in [6.07, 6.45) is 1.75. The predicted molar refractivity (Wildman–Crippen MR) is 135 cm³/mol. The molecule has 0 aliphatic carbocycles. The van der Waals surface area contributed by atoms with E-state index in [1.807, 2.05) is 67.7 Å². The van der Waals surface area contributed by atoms with Gasteiger partial charge in [-0.15, -0.1) is 0 Å². The number of para-hydroxylation sites is 2. The lowest BCUT2D eigenvalue weighted by Gasteiger charge is -2.22. The summed E-state index contributed by atoms with van der Waals surface area (Å²) in [6, 6.07) is 26.2. The number of aromatic nitrogens is 2. The van der Waals surface area contributed by atoms with Crippen molar-refractivity contribution in [2.45, 2.75) is 38.8 Å². The largest absolute Gasteiger partial charge is 0.342 e. The minimum atomic E-state index is -0.172. The number of nitrogens with zero attached hydrogens (tertiary/aromatic N) is 2. The van der Waals surface area contributed by atoms with Gasteiger partial charge in [-0.05, 0) is 75.7 Å². The molecule has 0 aliphatic rings. The number of benzene rings is 3. The van der Waals surface area contributed by atoms with Gasteiger partial charge in [-0.2, -0.15) is 0 Å². The Morgan fingerprint density at radius 3 is 2.27 bits per heavy atom. The summed E-state index contributed by atoms with van der Waals surface area (Å²) in [5.41, 5.74) is 4.95. The number of amides is 1. The smallest absolute Gasteiger partial charge is 0.251 e. The normalized spacial score (nSPS) is 12.2. The molecule has 170 valence electrons. The zero-order valence-electron chi connectivity index (χ0n) is 19.6. The van der Waals surface area contributed by atoms with E-state index in [2.05, 4.69) is 47.2 Å². The summed E-state index contributed by atoms with van der Waals surface area (Å²) in [5, 5.41) is 6.48. The number of imidazole rings is 1. The van der Waals surface area contributed by atoms with Crippen LogP contribution in [-0.2, 0) is 0 Å². The van der Waals surface area contributed by atoms with Gasteiger partial charge in [0.1, 0.15) is 5.82 Å². The lowest BCUT2D eigenvalue weighted by molar-refractivity contribution is 0.0931. The van der Waals surface area contributed by atoms with Crippen molar-refractivity contribution < 1.29 is 4.79 Å². The van der Waals surface area contributed by atoms with Crippen LogP contribution in [0.5, 0.6) is 0 Å². The maximum Gasteiger partial charge on any atom is 0.251 e. The second-order valence-electron chi connectivity index (χ2n) is 8.64. The SMILES string of the molecule is CNCCCC(NC(=O)c1ccc(-c2ccccc2)cc1)c1nc2ccccc2n1C(C)C. The molecule has 5 heteroatoms. The Hall–Kier alpha value is -3.44. The van der Waals surface area contributed by atoms with Crippen LogP contribution in [0.4, 0.5) is 0 Å². The van der Waals surface area contributed by atoms with Crippen LogP contribution in [0.3, 0.4) is 0 Å². The number of nitrogens with one attached hydrogen (secondary N) is 2.